The topological polar surface area (TPSA) is 56.5 Å². The number of carbonyl (C=O) groups excluding carboxylic acids is 2. The average Bonchev–Trinajstić information content (AvgIpc) is 2.84. The maximum atomic E-state index is 12.1. The van der Waals surface area contributed by atoms with Crippen LogP contribution in [0.1, 0.15) is 37.2 Å². The van der Waals surface area contributed by atoms with Gasteiger partial charge in [-0.25, -0.2) is 0 Å². The van der Waals surface area contributed by atoms with E-state index < -0.39 is 0 Å². The third-order valence-corrected chi connectivity index (χ3v) is 3.73. The van der Waals surface area contributed by atoms with Crippen molar-refractivity contribution in [3.8, 4) is 0 Å². The summed E-state index contributed by atoms with van der Waals surface area (Å²) in [7, 11) is 1.37. The molecule has 3 atom stereocenters. The minimum absolute atomic E-state index is 0.0181. The Labute approximate surface area is 106 Å². The van der Waals surface area contributed by atoms with E-state index in [0.29, 0.717) is 12.2 Å². The highest BCUT2D eigenvalue weighted by molar-refractivity contribution is 5.89. The number of ketones is 1. The number of hydrogen-bond acceptors (Lipinski definition) is 4. The molecule has 1 saturated carbocycles. The summed E-state index contributed by atoms with van der Waals surface area (Å²) in [6, 6.07) is 3.68. The number of furan rings is 1. The summed E-state index contributed by atoms with van der Waals surface area (Å²) in [5, 5.41) is 0. The minimum Gasteiger partial charge on any atom is -0.469 e. The zero-order valence-electron chi connectivity index (χ0n) is 10.9. The number of ether oxygens (including phenoxy) is 1. The van der Waals surface area contributed by atoms with Crippen molar-refractivity contribution in [2.45, 2.75) is 32.6 Å². The highest BCUT2D eigenvalue weighted by Gasteiger charge is 2.43. The molecule has 2 rings (SSSR count). The lowest BCUT2D eigenvalue weighted by molar-refractivity contribution is -0.142. The lowest BCUT2D eigenvalue weighted by atomic mass is 9.86. The standard InChI is InChI=1S/C14H18O4/c1-8-6-11(15)14(10(8)7-13(16)17-3)12-5-4-9(2)18-12/h4-5,8,10,14H,6-7H2,1-3H3. The Morgan fingerprint density at radius 1 is 1.50 bits per heavy atom. The fourth-order valence-electron chi connectivity index (χ4n) is 2.75. The second-order valence-electron chi connectivity index (χ2n) is 5.02. The normalized spacial score (nSPS) is 27.5. The Bertz CT molecular complexity index is 460. The second kappa shape index (κ2) is 4.96. The zero-order valence-corrected chi connectivity index (χ0v) is 10.9. The van der Waals surface area contributed by atoms with Crippen LogP contribution in [0.5, 0.6) is 0 Å². The van der Waals surface area contributed by atoms with E-state index >= 15 is 0 Å². The van der Waals surface area contributed by atoms with Gasteiger partial charge in [0, 0.05) is 12.8 Å². The van der Waals surface area contributed by atoms with Gasteiger partial charge >= 0.3 is 5.97 Å². The third kappa shape index (κ3) is 2.33. The number of rotatable bonds is 3. The minimum atomic E-state index is -0.298. The van der Waals surface area contributed by atoms with E-state index in [1.807, 2.05) is 26.0 Å². The van der Waals surface area contributed by atoms with Crippen molar-refractivity contribution in [3.05, 3.63) is 23.7 Å². The van der Waals surface area contributed by atoms with Crippen molar-refractivity contribution in [1.29, 1.82) is 0 Å². The molecular formula is C14H18O4. The number of aryl methyl sites for hydroxylation is 1. The van der Waals surface area contributed by atoms with Gasteiger partial charge < -0.3 is 9.15 Å². The zero-order chi connectivity index (χ0) is 13.3. The van der Waals surface area contributed by atoms with Crippen LogP contribution < -0.4 is 0 Å². The van der Waals surface area contributed by atoms with Crippen molar-refractivity contribution in [1.82, 2.24) is 0 Å². The van der Waals surface area contributed by atoms with E-state index in [1.165, 1.54) is 7.11 Å². The summed E-state index contributed by atoms with van der Waals surface area (Å²) in [6.07, 6.45) is 0.778. The number of Topliss-reactive ketones (excluding diaryl/α,β-unsaturated/α-hetero) is 1. The van der Waals surface area contributed by atoms with Gasteiger partial charge in [0.15, 0.2) is 0 Å². The molecule has 1 aromatic rings. The van der Waals surface area contributed by atoms with Gasteiger partial charge in [-0.15, -0.1) is 0 Å². The van der Waals surface area contributed by atoms with Gasteiger partial charge in [0.05, 0.1) is 13.0 Å². The predicted molar refractivity (Wildman–Crippen MR) is 65.1 cm³/mol. The first-order valence-corrected chi connectivity index (χ1v) is 6.18. The monoisotopic (exact) mass is 250 g/mol. The molecule has 1 aliphatic rings. The molecule has 1 aliphatic carbocycles. The van der Waals surface area contributed by atoms with E-state index in [-0.39, 0.29) is 35.9 Å². The SMILES string of the molecule is COC(=O)CC1C(C)CC(=O)C1c1ccc(C)o1. The van der Waals surface area contributed by atoms with E-state index in [2.05, 4.69) is 0 Å². The first-order valence-electron chi connectivity index (χ1n) is 6.18. The van der Waals surface area contributed by atoms with Crippen LogP contribution in [0.3, 0.4) is 0 Å². The molecule has 1 aromatic heterocycles. The van der Waals surface area contributed by atoms with Gasteiger partial charge in [-0.2, -0.15) is 0 Å². The quantitative estimate of drug-likeness (QED) is 0.773. The molecule has 4 nitrogen and oxygen atoms in total. The summed E-state index contributed by atoms with van der Waals surface area (Å²) in [4.78, 5) is 23.5. The second-order valence-corrected chi connectivity index (χ2v) is 5.02. The maximum Gasteiger partial charge on any atom is 0.305 e. The molecule has 0 spiro atoms. The molecule has 18 heavy (non-hydrogen) atoms. The van der Waals surface area contributed by atoms with E-state index in [0.717, 1.165) is 5.76 Å². The van der Waals surface area contributed by atoms with Crippen molar-refractivity contribution in [3.63, 3.8) is 0 Å². The fourth-order valence-corrected chi connectivity index (χ4v) is 2.75. The Kier molecular flexibility index (Phi) is 3.55. The van der Waals surface area contributed by atoms with Crippen LogP contribution in [-0.2, 0) is 14.3 Å². The van der Waals surface area contributed by atoms with E-state index in [1.54, 1.807) is 0 Å². The molecular weight excluding hydrogens is 232 g/mol. The summed E-state index contributed by atoms with van der Waals surface area (Å²) in [5.74, 6) is 1.22. The summed E-state index contributed by atoms with van der Waals surface area (Å²) in [6.45, 7) is 3.85. The van der Waals surface area contributed by atoms with Crippen LogP contribution in [0, 0.1) is 18.8 Å². The molecule has 0 radical (unpaired) electrons. The molecule has 1 heterocycles. The van der Waals surface area contributed by atoms with Gasteiger partial charge in [-0.1, -0.05) is 6.92 Å². The first-order chi connectivity index (χ1) is 8.52. The summed E-state index contributed by atoms with van der Waals surface area (Å²) in [5.41, 5.74) is 0. The molecule has 0 saturated heterocycles. The third-order valence-electron chi connectivity index (χ3n) is 3.73. The van der Waals surface area contributed by atoms with Gasteiger partial charge in [0.2, 0.25) is 0 Å². The molecule has 4 heteroatoms. The van der Waals surface area contributed by atoms with Gasteiger partial charge in [-0.05, 0) is 30.9 Å². The van der Waals surface area contributed by atoms with Gasteiger partial charge in [0.25, 0.3) is 0 Å². The van der Waals surface area contributed by atoms with E-state index in [9.17, 15) is 9.59 Å². The summed E-state index contributed by atoms with van der Waals surface area (Å²) >= 11 is 0. The molecule has 0 bridgehead atoms. The predicted octanol–water partition coefficient (Wildman–Crippen LogP) is 2.46. The first kappa shape index (κ1) is 12.9. The molecule has 1 fully saturated rings. The molecule has 0 N–H and O–H groups in total. The molecule has 3 unspecified atom stereocenters. The number of hydrogen-bond donors (Lipinski definition) is 0. The van der Waals surface area contributed by atoms with Crippen LogP contribution in [0.15, 0.2) is 16.5 Å². The van der Waals surface area contributed by atoms with Gasteiger partial charge in [-0.3, -0.25) is 9.59 Å². The maximum absolute atomic E-state index is 12.1. The van der Waals surface area contributed by atoms with Crippen LogP contribution >= 0.6 is 0 Å². The fraction of sp³-hybridized carbons (Fsp3) is 0.571. The van der Waals surface area contributed by atoms with Crippen LogP contribution in [0.25, 0.3) is 0 Å². The average molecular weight is 250 g/mol. The Balaban J connectivity index is 2.24. The molecule has 98 valence electrons. The number of methoxy groups -OCH3 is 1. The molecule has 0 aliphatic heterocycles. The Hall–Kier alpha value is -1.58. The van der Waals surface area contributed by atoms with Crippen molar-refractivity contribution < 1.29 is 18.7 Å². The van der Waals surface area contributed by atoms with Crippen molar-refractivity contribution in [2.75, 3.05) is 7.11 Å². The lowest BCUT2D eigenvalue weighted by Crippen LogP contribution is -2.19. The highest BCUT2D eigenvalue weighted by Crippen LogP contribution is 2.43. The Morgan fingerprint density at radius 3 is 2.78 bits per heavy atom. The van der Waals surface area contributed by atoms with Crippen LogP contribution in [0.4, 0.5) is 0 Å². The van der Waals surface area contributed by atoms with Gasteiger partial charge in [0.1, 0.15) is 17.3 Å². The Morgan fingerprint density at radius 2 is 2.22 bits per heavy atom. The van der Waals surface area contributed by atoms with Crippen molar-refractivity contribution >= 4 is 11.8 Å². The van der Waals surface area contributed by atoms with Crippen molar-refractivity contribution in [2.24, 2.45) is 11.8 Å². The lowest BCUT2D eigenvalue weighted by Gasteiger charge is -2.18. The number of esters is 1. The summed E-state index contributed by atoms with van der Waals surface area (Å²) < 4.78 is 10.3. The van der Waals surface area contributed by atoms with Crippen LogP contribution in [-0.4, -0.2) is 18.9 Å². The molecule has 0 aromatic carbocycles. The van der Waals surface area contributed by atoms with E-state index in [4.69, 9.17) is 9.15 Å². The highest BCUT2D eigenvalue weighted by atomic mass is 16.5. The smallest absolute Gasteiger partial charge is 0.305 e. The largest absolute Gasteiger partial charge is 0.469 e. The van der Waals surface area contributed by atoms with Crippen LogP contribution in [0.2, 0.25) is 0 Å². The molecule has 0 amide bonds. The number of carbonyl (C=O) groups is 2.